The van der Waals surface area contributed by atoms with Crippen LogP contribution in [0.5, 0.6) is 0 Å². The number of ether oxygens (including phenoxy) is 2. The zero-order valence-corrected chi connectivity index (χ0v) is 11.3. The highest BCUT2D eigenvalue weighted by molar-refractivity contribution is 4.92. The fourth-order valence-electron chi connectivity index (χ4n) is 3.11. The van der Waals surface area contributed by atoms with E-state index in [1.807, 2.05) is 0 Å². The molecule has 102 valence electrons. The maximum atomic E-state index is 9.10. The molecule has 1 aliphatic carbocycles. The smallest absolute Gasteiger partial charge is 0.158 e. The van der Waals surface area contributed by atoms with Gasteiger partial charge in [-0.15, -0.1) is 0 Å². The summed E-state index contributed by atoms with van der Waals surface area (Å²) in [7, 11) is 0. The first-order valence-corrected chi connectivity index (χ1v) is 7.51. The molecule has 0 radical (unpaired) electrons. The molecule has 0 aromatic heterocycles. The number of nitriles is 1. The van der Waals surface area contributed by atoms with E-state index >= 15 is 0 Å². The van der Waals surface area contributed by atoms with Crippen molar-refractivity contribution in [1.82, 2.24) is 0 Å². The van der Waals surface area contributed by atoms with Crippen molar-refractivity contribution < 1.29 is 9.47 Å². The standard InChI is InChI=1S/C15H25NO2/c16-12-11-15(9-5-2-1-3-6-10-15)18-14-8-4-7-13-17-14/h14H,1-11,13H2. The van der Waals surface area contributed by atoms with Gasteiger partial charge in [0.15, 0.2) is 6.29 Å². The summed E-state index contributed by atoms with van der Waals surface area (Å²) in [4.78, 5) is 0. The topological polar surface area (TPSA) is 42.2 Å². The fourth-order valence-corrected chi connectivity index (χ4v) is 3.11. The van der Waals surface area contributed by atoms with Gasteiger partial charge in [-0.05, 0) is 32.1 Å². The van der Waals surface area contributed by atoms with Gasteiger partial charge in [0.25, 0.3) is 0 Å². The summed E-state index contributed by atoms with van der Waals surface area (Å²) in [5.74, 6) is 0. The van der Waals surface area contributed by atoms with Crippen molar-refractivity contribution in [1.29, 1.82) is 5.26 Å². The summed E-state index contributed by atoms with van der Waals surface area (Å²) in [6.45, 7) is 0.813. The largest absolute Gasteiger partial charge is 0.353 e. The minimum atomic E-state index is -0.225. The van der Waals surface area contributed by atoms with Gasteiger partial charge in [-0.2, -0.15) is 5.26 Å². The van der Waals surface area contributed by atoms with E-state index in [0.29, 0.717) is 6.42 Å². The lowest BCUT2D eigenvalue weighted by molar-refractivity contribution is -0.229. The van der Waals surface area contributed by atoms with Gasteiger partial charge in [-0.25, -0.2) is 0 Å². The molecule has 0 aromatic carbocycles. The van der Waals surface area contributed by atoms with Crippen LogP contribution < -0.4 is 0 Å². The summed E-state index contributed by atoms with van der Waals surface area (Å²) in [5, 5.41) is 9.10. The summed E-state index contributed by atoms with van der Waals surface area (Å²) in [6, 6.07) is 2.34. The Morgan fingerprint density at radius 1 is 1.06 bits per heavy atom. The summed E-state index contributed by atoms with van der Waals surface area (Å²) < 4.78 is 11.9. The first-order valence-electron chi connectivity index (χ1n) is 7.51. The molecule has 1 saturated heterocycles. The molecular formula is C15H25NO2. The molecule has 0 bridgehead atoms. The Morgan fingerprint density at radius 3 is 2.39 bits per heavy atom. The van der Waals surface area contributed by atoms with Crippen LogP contribution in [-0.2, 0) is 9.47 Å². The number of nitrogens with zero attached hydrogens (tertiary/aromatic N) is 1. The zero-order chi connectivity index (χ0) is 12.7. The van der Waals surface area contributed by atoms with Crippen molar-refractivity contribution >= 4 is 0 Å². The molecule has 1 aliphatic heterocycles. The van der Waals surface area contributed by atoms with Crippen LogP contribution in [0.3, 0.4) is 0 Å². The van der Waals surface area contributed by atoms with Gasteiger partial charge in [-0.3, -0.25) is 0 Å². The lowest BCUT2D eigenvalue weighted by atomic mass is 9.84. The van der Waals surface area contributed by atoms with E-state index in [9.17, 15) is 0 Å². The van der Waals surface area contributed by atoms with E-state index in [4.69, 9.17) is 14.7 Å². The molecule has 1 heterocycles. The second-order valence-electron chi connectivity index (χ2n) is 5.70. The monoisotopic (exact) mass is 251 g/mol. The summed E-state index contributed by atoms with van der Waals surface area (Å²) in [5.41, 5.74) is -0.225. The molecule has 18 heavy (non-hydrogen) atoms. The Bertz CT molecular complexity index is 271. The third-order valence-corrected chi connectivity index (χ3v) is 4.19. The van der Waals surface area contributed by atoms with Crippen LogP contribution in [0.1, 0.15) is 70.6 Å². The molecule has 0 N–H and O–H groups in total. The van der Waals surface area contributed by atoms with Crippen molar-refractivity contribution in [2.75, 3.05) is 6.61 Å². The average molecular weight is 251 g/mol. The molecule has 1 saturated carbocycles. The van der Waals surface area contributed by atoms with Gasteiger partial charge < -0.3 is 9.47 Å². The number of hydrogen-bond donors (Lipinski definition) is 0. The molecule has 2 rings (SSSR count). The molecule has 1 atom stereocenters. The third-order valence-electron chi connectivity index (χ3n) is 4.19. The van der Waals surface area contributed by atoms with E-state index in [1.165, 1.54) is 38.5 Å². The van der Waals surface area contributed by atoms with Gasteiger partial charge >= 0.3 is 0 Å². The van der Waals surface area contributed by atoms with Crippen LogP contribution in [0.4, 0.5) is 0 Å². The van der Waals surface area contributed by atoms with Crippen LogP contribution >= 0.6 is 0 Å². The summed E-state index contributed by atoms with van der Waals surface area (Å²) >= 11 is 0. The van der Waals surface area contributed by atoms with Crippen molar-refractivity contribution in [2.45, 2.75) is 82.5 Å². The van der Waals surface area contributed by atoms with Gasteiger partial charge in [0.2, 0.25) is 0 Å². The van der Waals surface area contributed by atoms with E-state index in [-0.39, 0.29) is 11.9 Å². The van der Waals surface area contributed by atoms with Gasteiger partial charge in [0.05, 0.1) is 18.1 Å². The second kappa shape index (κ2) is 7.11. The normalized spacial score (nSPS) is 28.9. The van der Waals surface area contributed by atoms with Crippen molar-refractivity contribution in [3.8, 4) is 6.07 Å². The van der Waals surface area contributed by atoms with E-state index in [1.54, 1.807) is 0 Å². The molecule has 3 nitrogen and oxygen atoms in total. The Morgan fingerprint density at radius 2 is 1.78 bits per heavy atom. The maximum Gasteiger partial charge on any atom is 0.158 e. The van der Waals surface area contributed by atoms with Crippen LogP contribution in [-0.4, -0.2) is 18.5 Å². The van der Waals surface area contributed by atoms with E-state index in [0.717, 1.165) is 32.3 Å². The molecule has 0 amide bonds. The summed E-state index contributed by atoms with van der Waals surface area (Å²) in [6.07, 6.45) is 12.1. The van der Waals surface area contributed by atoms with Crippen LogP contribution in [0, 0.1) is 11.3 Å². The van der Waals surface area contributed by atoms with Gasteiger partial charge in [0, 0.05) is 6.61 Å². The lowest BCUT2D eigenvalue weighted by Gasteiger charge is -2.38. The predicted molar refractivity (Wildman–Crippen MR) is 70.0 cm³/mol. The molecule has 2 fully saturated rings. The molecule has 2 aliphatic rings. The lowest BCUT2D eigenvalue weighted by Crippen LogP contribution is -2.39. The highest BCUT2D eigenvalue weighted by Crippen LogP contribution is 2.35. The first-order chi connectivity index (χ1) is 8.85. The van der Waals surface area contributed by atoms with Gasteiger partial charge in [-0.1, -0.05) is 32.1 Å². The Kier molecular flexibility index (Phi) is 5.46. The number of rotatable bonds is 3. The van der Waals surface area contributed by atoms with Crippen molar-refractivity contribution in [3.63, 3.8) is 0 Å². The Hall–Kier alpha value is -0.590. The van der Waals surface area contributed by atoms with Gasteiger partial charge in [0.1, 0.15) is 0 Å². The Labute approximate surface area is 110 Å². The second-order valence-corrected chi connectivity index (χ2v) is 5.70. The fraction of sp³-hybridized carbons (Fsp3) is 0.933. The molecule has 0 spiro atoms. The molecule has 0 aromatic rings. The van der Waals surface area contributed by atoms with Crippen LogP contribution in [0.25, 0.3) is 0 Å². The Balaban J connectivity index is 1.96. The van der Waals surface area contributed by atoms with E-state index < -0.39 is 0 Å². The zero-order valence-electron chi connectivity index (χ0n) is 11.3. The molecular weight excluding hydrogens is 226 g/mol. The quantitative estimate of drug-likeness (QED) is 0.763. The highest BCUT2D eigenvalue weighted by atomic mass is 16.7. The molecule has 3 heteroatoms. The van der Waals surface area contributed by atoms with Crippen LogP contribution in [0.15, 0.2) is 0 Å². The van der Waals surface area contributed by atoms with Crippen LogP contribution in [0.2, 0.25) is 0 Å². The third kappa shape index (κ3) is 3.96. The predicted octanol–water partition coefficient (Wildman–Crippen LogP) is 3.93. The minimum Gasteiger partial charge on any atom is -0.353 e. The SMILES string of the molecule is N#CCC1(OC2CCCCO2)CCCCCCC1. The highest BCUT2D eigenvalue weighted by Gasteiger charge is 2.34. The van der Waals surface area contributed by atoms with Crippen molar-refractivity contribution in [3.05, 3.63) is 0 Å². The molecule has 1 unspecified atom stereocenters. The van der Waals surface area contributed by atoms with Crippen molar-refractivity contribution in [2.24, 2.45) is 0 Å². The first kappa shape index (κ1) is 13.8. The number of hydrogen-bond acceptors (Lipinski definition) is 3. The maximum absolute atomic E-state index is 9.10. The average Bonchev–Trinajstić information content (AvgIpc) is 2.36. The minimum absolute atomic E-state index is 0.0634. The van der Waals surface area contributed by atoms with E-state index in [2.05, 4.69) is 6.07 Å².